The van der Waals surface area contributed by atoms with Crippen LogP contribution in [0.1, 0.15) is 18.4 Å². The number of furan rings is 1. The number of hydrogen-bond acceptors (Lipinski definition) is 3. The van der Waals surface area contributed by atoms with Gasteiger partial charge in [-0.2, -0.15) is 0 Å². The van der Waals surface area contributed by atoms with Crippen LogP contribution in [-0.2, 0) is 13.1 Å². The monoisotopic (exact) mass is 262 g/mol. The molecule has 1 aromatic heterocycles. The zero-order chi connectivity index (χ0) is 13.7. The first kappa shape index (κ1) is 13.6. The second-order valence-corrected chi connectivity index (χ2v) is 4.39. The molecular formula is C15H19FN2O. The number of hydrogen-bond donors (Lipinski definition) is 1. The first-order valence-electron chi connectivity index (χ1n) is 6.45. The van der Waals surface area contributed by atoms with E-state index in [4.69, 9.17) is 4.42 Å². The van der Waals surface area contributed by atoms with E-state index in [1.54, 1.807) is 12.1 Å². The van der Waals surface area contributed by atoms with Crippen molar-refractivity contribution in [1.29, 1.82) is 0 Å². The molecule has 4 heteroatoms. The van der Waals surface area contributed by atoms with Gasteiger partial charge < -0.3 is 14.6 Å². The summed E-state index contributed by atoms with van der Waals surface area (Å²) in [6.07, 6.45) is 0. The Morgan fingerprint density at radius 3 is 2.68 bits per heavy atom. The van der Waals surface area contributed by atoms with E-state index in [1.165, 1.54) is 6.07 Å². The Bertz CT molecular complexity index is 524. The smallest absolute Gasteiger partial charge is 0.125 e. The van der Waals surface area contributed by atoms with Crippen LogP contribution in [0.15, 0.2) is 40.8 Å². The van der Waals surface area contributed by atoms with E-state index >= 15 is 0 Å². The van der Waals surface area contributed by atoms with Gasteiger partial charge in [0.2, 0.25) is 0 Å². The highest BCUT2D eigenvalue weighted by Gasteiger charge is 2.09. The van der Waals surface area contributed by atoms with Gasteiger partial charge in [-0.1, -0.05) is 6.07 Å². The summed E-state index contributed by atoms with van der Waals surface area (Å²) in [5.41, 5.74) is 0.870. The molecule has 1 aromatic carbocycles. The highest BCUT2D eigenvalue weighted by molar-refractivity contribution is 5.46. The van der Waals surface area contributed by atoms with Crippen molar-refractivity contribution in [3.63, 3.8) is 0 Å². The SMILES string of the molecule is CCN(Cc1ccc(CNC)o1)c1cccc(F)c1. The van der Waals surface area contributed by atoms with Gasteiger partial charge in [0.15, 0.2) is 0 Å². The van der Waals surface area contributed by atoms with Crippen molar-refractivity contribution in [3.8, 4) is 0 Å². The molecule has 0 aliphatic rings. The summed E-state index contributed by atoms with van der Waals surface area (Å²) in [6.45, 7) is 4.20. The third-order valence-electron chi connectivity index (χ3n) is 2.97. The van der Waals surface area contributed by atoms with Crippen LogP contribution < -0.4 is 10.2 Å². The predicted octanol–water partition coefficient (Wildman–Crippen LogP) is 3.16. The number of rotatable bonds is 6. The van der Waals surface area contributed by atoms with Gasteiger partial charge >= 0.3 is 0 Å². The predicted molar refractivity (Wildman–Crippen MR) is 74.6 cm³/mol. The minimum Gasteiger partial charge on any atom is -0.463 e. The average molecular weight is 262 g/mol. The molecule has 0 fully saturated rings. The molecule has 0 aliphatic carbocycles. The minimum atomic E-state index is -0.216. The summed E-state index contributed by atoms with van der Waals surface area (Å²) in [5, 5.41) is 3.05. The zero-order valence-corrected chi connectivity index (χ0v) is 11.3. The quantitative estimate of drug-likeness (QED) is 0.866. The van der Waals surface area contributed by atoms with Gasteiger partial charge in [-0.25, -0.2) is 4.39 Å². The van der Waals surface area contributed by atoms with Crippen LogP contribution in [0.2, 0.25) is 0 Å². The zero-order valence-electron chi connectivity index (χ0n) is 11.3. The molecule has 102 valence electrons. The molecule has 2 aromatic rings. The summed E-state index contributed by atoms with van der Waals surface area (Å²) >= 11 is 0. The van der Waals surface area contributed by atoms with Crippen molar-refractivity contribution in [2.45, 2.75) is 20.0 Å². The summed E-state index contributed by atoms with van der Waals surface area (Å²) in [5.74, 6) is 1.58. The van der Waals surface area contributed by atoms with Gasteiger partial charge in [0.1, 0.15) is 17.3 Å². The maximum absolute atomic E-state index is 13.2. The van der Waals surface area contributed by atoms with E-state index in [1.807, 2.05) is 32.2 Å². The third-order valence-corrected chi connectivity index (χ3v) is 2.97. The van der Waals surface area contributed by atoms with Crippen molar-refractivity contribution in [2.24, 2.45) is 0 Å². The molecule has 2 rings (SSSR count). The Hall–Kier alpha value is -1.81. The lowest BCUT2D eigenvalue weighted by Gasteiger charge is -2.21. The Labute approximate surface area is 113 Å². The lowest BCUT2D eigenvalue weighted by atomic mass is 10.2. The van der Waals surface area contributed by atoms with E-state index in [9.17, 15) is 4.39 Å². The topological polar surface area (TPSA) is 28.4 Å². The second-order valence-electron chi connectivity index (χ2n) is 4.39. The van der Waals surface area contributed by atoms with Gasteiger partial charge in [0.05, 0.1) is 13.1 Å². The summed E-state index contributed by atoms with van der Waals surface area (Å²) in [6, 6.07) is 10.6. The van der Waals surface area contributed by atoms with Crippen molar-refractivity contribution >= 4 is 5.69 Å². The Balaban J connectivity index is 2.09. The number of anilines is 1. The van der Waals surface area contributed by atoms with Crippen LogP contribution >= 0.6 is 0 Å². The largest absolute Gasteiger partial charge is 0.463 e. The minimum absolute atomic E-state index is 0.216. The highest BCUT2D eigenvalue weighted by atomic mass is 19.1. The molecule has 0 radical (unpaired) electrons. The Morgan fingerprint density at radius 1 is 1.21 bits per heavy atom. The third kappa shape index (κ3) is 3.58. The molecule has 19 heavy (non-hydrogen) atoms. The highest BCUT2D eigenvalue weighted by Crippen LogP contribution is 2.19. The lowest BCUT2D eigenvalue weighted by molar-refractivity contribution is 0.451. The van der Waals surface area contributed by atoms with Gasteiger partial charge in [-0.05, 0) is 44.3 Å². The lowest BCUT2D eigenvalue weighted by Crippen LogP contribution is -2.21. The molecule has 1 N–H and O–H groups in total. The van der Waals surface area contributed by atoms with Crippen LogP contribution in [0, 0.1) is 5.82 Å². The van der Waals surface area contributed by atoms with Crippen LogP contribution in [-0.4, -0.2) is 13.6 Å². The van der Waals surface area contributed by atoms with Crippen molar-refractivity contribution in [3.05, 3.63) is 53.7 Å². The number of nitrogens with zero attached hydrogens (tertiary/aromatic N) is 1. The molecule has 0 unspecified atom stereocenters. The number of benzene rings is 1. The van der Waals surface area contributed by atoms with Crippen LogP contribution in [0.25, 0.3) is 0 Å². The maximum atomic E-state index is 13.2. The Morgan fingerprint density at radius 2 is 2.00 bits per heavy atom. The normalized spacial score (nSPS) is 10.7. The molecule has 1 heterocycles. The molecule has 0 amide bonds. The number of halogens is 1. The van der Waals surface area contributed by atoms with E-state index in [-0.39, 0.29) is 5.82 Å². The fraction of sp³-hybridized carbons (Fsp3) is 0.333. The summed E-state index contributed by atoms with van der Waals surface area (Å²) in [4.78, 5) is 2.07. The standard InChI is InChI=1S/C15H19FN2O/c1-3-18(13-6-4-5-12(16)9-13)11-15-8-7-14(19-15)10-17-2/h4-9,17H,3,10-11H2,1-2H3. The van der Waals surface area contributed by atoms with Gasteiger partial charge in [0, 0.05) is 12.2 Å². The maximum Gasteiger partial charge on any atom is 0.125 e. The van der Waals surface area contributed by atoms with Crippen molar-refractivity contribution < 1.29 is 8.81 Å². The summed E-state index contributed by atoms with van der Waals surface area (Å²) < 4.78 is 19.0. The molecule has 0 spiro atoms. The van der Waals surface area contributed by atoms with E-state index in [0.717, 1.165) is 23.8 Å². The van der Waals surface area contributed by atoms with Crippen molar-refractivity contribution in [2.75, 3.05) is 18.5 Å². The van der Waals surface area contributed by atoms with Crippen LogP contribution in [0.3, 0.4) is 0 Å². The fourth-order valence-corrected chi connectivity index (χ4v) is 2.02. The van der Waals surface area contributed by atoms with Gasteiger partial charge in [-0.3, -0.25) is 0 Å². The summed E-state index contributed by atoms with van der Waals surface area (Å²) in [7, 11) is 1.88. The van der Waals surface area contributed by atoms with Crippen LogP contribution in [0.5, 0.6) is 0 Å². The van der Waals surface area contributed by atoms with Gasteiger partial charge in [0.25, 0.3) is 0 Å². The molecule has 0 saturated heterocycles. The first-order valence-corrected chi connectivity index (χ1v) is 6.45. The average Bonchev–Trinajstić information content (AvgIpc) is 2.84. The molecule has 0 bridgehead atoms. The molecule has 0 atom stereocenters. The molecule has 0 saturated carbocycles. The van der Waals surface area contributed by atoms with Crippen LogP contribution in [0.4, 0.5) is 10.1 Å². The van der Waals surface area contributed by atoms with Crippen molar-refractivity contribution in [1.82, 2.24) is 5.32 Å². The van der Waals surface area contributed by atoms with E-state index in [0.29, 0.717) is 13.1 Å². The first-order chi connectivity index (χ1) is 9.22. The second kappa shape index (κ2) is 6.38. The molecule has 3 nitrogen and oxygen atoms in total. The molecule has 0 aliphatic heterocycles. The van der Waals surface area contributed by atoms with E-state index < -0.39 is 0 Å². The Kier molecular flexibility index (Phi) is 4.58. The fourth-order valence-electron chi connectivity index (χ4n) is 2.02. The van der Waals surface area contributed by atoms with Gasteiger partial charge in [-0.15, -0.1) is 0 Å². The molecular weight excluding hydrogens is 243 g/mol. The van der Waals surface area contributed by atoms with E-state index in [2.05, 4.69) is 10.2 Å². The number of nitrogens with one attached hydrogen (secondary N) is 1.